The summed E-state index contributed by atoms with van der Waals surface area (Å²) in [5.41, 5.74) is 0.263. The van der Waals surface area contributed by atoms with Crippen LogP contribution in [0, 0.1) is 6.92 Å². The zero-order valence-corrected chi connectivity index (χ0v) is 18.4. The molecule has 0 saturated carbocycles. The van der Waals surface area contributed by atoms with Crippen molar-refractivity contribution < 1.29 is 14.3 Å². The lowest BCUT2D eigenvalue weighted by Crippen LogP contribution is -2.37. The first-order valence-corrected chi connectivity index (χ1v) is 10.7. The van der Waals surface area contributed by atoms with E-state index in [0.717, 1.165) is 0 Å². The van der Waals surface area contributed by atoms with E-state index < -0.39 is 11.7 Å². The van der Waals surface area contributed by atoms with Gasteiger partial charge in [-0.3, -0.25) is 14.2 Å². The molecular weight excluding hydrogens is 392 g/mol. The molecule has 1 aliphatic heterocycles. The highest BCUT2D eigenvalue weighted by atomic mass is 32.2. The Morgan fingerprint density at radius 2 is 2.00 bits per heavy atom. The van der Waals surface area contributed by atoms with E-state index in [0.29, 0.717) is 41.3 Å². The Balaban J connectivity index is 2.10. The minimum Gasteiger partial charge on any atom is -0.444 e. The number of amides is 1. The molecule has 1 fully saturated rings. The van der Waals surface area contributed by atoms with Crippen molar-refractivity contribution in [2.45, 2.75) is 57.8 Å². The first-order chi connectivity index (χ1) is 13.5. The zero-order valence-electron chi connectivity index (χ0n) is 17.6. The molecule has 0 unspecified atom stereocenters. The Morgan fingerprint density at radius 1 is 1.31 bits per heavy atom. The number of rotatable bonds is 3. The van der Waals surface area contributed by atoms with Gasteiger partial charge in [0.1, 0.15) is 11.2 Å². The summed E-state index contributed by atoms with van der Waals surface area (Å²) in [5, 5.41) is 1.21. The topological polar surface area (TPSA) is 94.4 Å². The summed E-state index contributed by atoms with van der Waals surface area (Å²) in [6.45, 7) is 9.37. The lowest BCUT2D eigenvalue weighted by atomic mass is 10.0. The van der Waals surface area contributed by atoms with E-state index in [1.807, 2.05) is 27.0 Å². The highest BCUT2D eigenvalue weighted by Gasteiger charge is 2.33. The highest BCUT2D eigenvalue weighted by Crippen LogP contribution is 2.28. The number of carbonyl (C=O) groups excluding carboxylic acids is 2. The maximum atomic E-state index is 13.3. The summed E-state index contributed by atoms with van der Waals surface area (Å²) in [6, 6.07) is -0.291. The van der Waals surface area contributed by atoms with Crippen LogP contribution in [0.4, 0.5) is 4.79 Å². The van der Waals surface area contributed by atoms with Gasteiger partial charge in [-0.15, -0.1) is 0 Å². The van der Waals surface area contributed by atoms with E-state index in [-0.39, 0.29) is 22.9 Å². The molecule has 0 spiro atoms. The summed E-state index contributed by atoms with van der Waals surface area (Å²) >= 11 is 1.38. The molecule has 1 atom stereocenters. The second-order valence-corrected chi connectivity index (χ2v) is 8.97. The Morgan fingerprint density at radius 3 is 2.59 bits per heavy atom. The Labute approximate surface area is 173 Å². The molecule has 1 saturated heterocycles. The van der Waals surface area contributed by atoms with Gasteiger partial charge in [0.05, 0.1) is 11.6 Å². The van der Waals surface area contributed by atoms with Crippen LogP contribution in [0.3, 0.4) is 0 Å². The number of hydrogen-bond donors (Lipinski definition) is 0. The third kappa shape index (κ3) is 4.14. The van der Waals surface area contributed by atoms with Crippen molar-refractivity contribution in [1.29, 1.82) is 0 Å². The van der Waals surface area contributed by atoms with Gasteiger partial charge in [-0.2, -0.15) is 0 Å². The number of ketones is 1. The molecule has 8 nitrogen and oxygen atoms in total. The van der Waals surface area contributed by atoms with Crippen LogP contribution in [0.1, 0.15) is 56.1 Å². The minimum atomic E-state index is -0.592. The number of carbonyl (C=O) groups is 2. The van der Waals surface area contributed by atoms with Gasteiger partial charge in [-0.05, 0) is 52.9 Å². The third-order valence-electron chi connectivity index (χ3n) is 4.90. The van der Waals surface area contributed by atoms with E-state index >= 15 is 0 Å². The van der Waals surface area contributed by atoms with Crippen molar-refractivity contribution in [3.63, 3.8) is 0 Å². The van der Waals surface area contributed by atoms with Gasteiger partial charge in [-0.25, -0.2) is 14.8 Å². The van der Waals surface area contributed by atoms with Crippen LogP contribution in [0.2, 0.25) is 0 Å². The van der Waals surface area contributed by atoms with Crippen LogP contribution in [0.25, 0.3) is 11.0 Å². The van der Waals surface area contributed by atoms with Gasteiger partial charge in [0.15, 0.2) is 10.9 Å². The predicted molar refractivity (Wildman–Crippen MR) is 112 cm³/mol. The molecule has 2 aromatic rings. The van der Waals surface area contributed by atoms with Crippen LogP contribution >= 0.6 is 11.8 Å². The molecule has 0 radical (unpaired) electrons. The van der Waals surface area contributed by atoms with Crippen molar-refractivity contribution >= 4 is 34.7 Å². The molecule has 156 valence electrons. The molecule has 3 heterocycles. The fourth-order valence-corrected chi connectivity index (χ4v) is 3.95. The predicted octanol–water partition coefficient (Wildman–Crippen LogP) is 3.21. The van der Waals surface area contributed by atoms with Crippen molar-refractivity contribution in [1.82, 2.24) is 19.4 Å². The normalized spacial score (nSPS) is 17.0. The van der Waals surface area contributed by atoms with Crippen LogP contribution in [-0.4, -0.2) is 56.3 Å². The molecule has 1 aliphatic rings. The minimum absolute atomic E-state index is 0.147. The number of aryl methyl sites for hydroxylation is 1. The summed E-state index contributed by atoms with van der Waals surface area (Å²) in [5.74, 6) is -0.293. The summed E-state index contributed by atoms with van der Waals surface area (Å²) < 4.78 is 7.02. The van der Waals surface area contributed by atoms with Gasteiger partial charge in [0.25, 0.3) is 5.56 Å². The van der Waals surface area contributed by atoms with Gasteiger partial charge < -0.3 is 9.64 Å². The van der Waals surface area contributed by atoms with Crippen LogP contribution in [0.15, 0.2) is 16.1 Å². The van der Waals surface area contributed by atoms with E-state index in [1.165, 1.54) is 18.7 Å². The fourth-order valence-electron chi connectivity index (χ4n) is 3.61. The second-order valence-electron chi connectivity index (χ2n) is 8.19. The smallest absolute Gasteiger partial charge is 0.410 e. The van der Waals surface area contributed by atoms with Crippen molar-refractivity contribution in [3.8, 4) is 0 Å². The average molecular weight is 419 g/mol. The number of nitrogens with zero attached hydrogens (tertiary/aromatic N) is 4. The number of aromatic nitrogens is 3. The van der Waals surface area contributed by atoms with Gasteiger partial charge in [0.2, 0.25) is 0 Å². The number of ether oxygens (including phenoxy) is 1. The van der Waals surface area contributed by atoms with E-state index in [9.17, 15) is 14.4 Å². The molecular formula is C20H26N4O4S. The molecule has 29 heavy (non-hydrogen) atoms. The molecule has 2 aromatic heterocycles. The van der Waals surface area contributed by atoms with Crippen molar-refractivity contribution in [2.75, 3.05) is 19.3 Å². The van der Waals surface area contributed by atoms with E-state index in [1.54, 1.807) is 22.6 Å². The van der Waals surface area contributed by atoms with E-state index in [2.05, 4.69) is 9.97 Å². The van der Waals surface area contributed by atoms with Crippen LogP contribution < -0.4 is 5.56 Å². The first-order valence-electron chi connectivity index (χ1n) is 9.48. The number of pyridine rings is 1. The molecule has 0 aromatic carbocycles. The Bertz CT molecular complexity index is 1040. The van der Waals surface area contributed by atoms with E-state index in [4.69, 9.17) is 4.74 Å². The van der Waals surface area contributed by atoms with Crippen LogP contribution in [0.5, 0.6) is 0 Å². The highest BCUT2D eigenvalue weighted by molar-refractivity contribution is 7.98. The number of fused-ring (bicyclic) bond motifs is 1. The summed E-state index contributed by atoms with van der Waals surface area (Å²) in [6.07, 6.45) is 3.69. The molecule has 0 bridgehead atoms. The summed E-state index contributed by atoms with van der Waals surface area (Å²) in [4.78, 5) is 48.4. The maximum Gasteiger partial charge on any atom is 0.410 e. The zero-order chi connectivity index (χ0) is 21.5. The van der Waals surface area contributed by atoms with Gasteiger partial charge >= 0.3 is 6.09 Å². The number of thioether (sulfide) groups is 1. The number of hydrogen-bond acceptors (Lipinski definition) is 7. The Kier molecular flexibility index (Phi) is 5.71. The third-order valence-corrected chi connectivity index (χ3v) is 5.46. The number of likely N-dealkylation sites (tertiary alicyclic amines) is 1. The van der Waals surface area contributed by atoms with Gasteiger partial charge in [0, 0.05) is 24.7 Å². The quantitative estimate of drug-likeness (QED) is 0.429. The molecule has 3 rings (SSSR count). The monoisotopic (exact) mass is 418 g/mol. The lowest BCUT2D eigenvalue weighted by Gasteiger charge is -2.25. The lowest BCUT2D eigenvalue weighted by molar-refractivity contribution is 0.0289. The van der Waals surface area contributed by atoms with Gasteiger partial charge in [-0.1, -0.05) is 11.8 Å². The van der Waals surface area contributed by atoms with Crippen molar-refractivity contribution in [3.05, 3.63) is 27.7 Å². The summed E-state index contributed by atoms with van der Waals surface area (Å²) in [7, 11) is 0. The second kappa shape index (κ2) is 7.78. The molecule has 0 aliphatic carbocycles. The molecule has 1 amide bonds. The average Bonchev–Trinajstić information content (AvgIpc) is 3.09. The fraction of sp³-hybridized carbons (Fsp3) is 0.550. The standard InChI is InChI=1S/C20H26N4O4S/c1-11-14-9-21-18(29-6)22-16(14)24(17(26)15(11)12(2)25)13-7-8-23(10-13)19(27)28-20(3,4)5/h9,13H,7-8,10H2,1-6H3/t13-/m0/s1. The first kappa shape index (κ1) is 21.3. The van der Waals surface area contributed by atoms with Crippen LogP contribution in [-0.2, 0) is 4.74 Å². The SMILES string of the molecule is CSc1ncc2c(C)c(C(C)=O)c(=O)n([C@H]3CCN(C(=O)OC(C)(C)C)C3)c2n1. The number of Topliss-reactive ketones (excluding diaryl/α,β-unsaturated/α-hetero) is 1. The van der Waals surface area contributed by atoms with Crippen molar-refractivity contribution in [2.24, 2.45) is 0 Å². The largest absolute Gasteiger partial charge is 0.444 e. The maximum absolute atomic E-state index is 13.3. The molecule has 0 N–H and O–H groups in total. The molecule has 9 heteroatoms. The Hall–Kier alpha value is -2.42.